The van der Waals surface area contributed by atoms with Gasteiger partial charge in [-0.15, -0.1) is 11.3 Å². The van der Waals surface area contributed by atoms with E-state index in [1.807, 2.05) is 0 Å². The zero-order valence-corrected chi connectivity index (χ0v) is 11.9. The Morgan fingerprint density at radius 3 is 2.41 bits per heavy atom. The molecule has 3 nitrogen and oxygen atoms in total. The number of likely N-dealkylation sites (tertiary alicyclic amines) is 1. The molecule has 1 aromatic rings. The first-order valence-electron chi connectivity index (χ1n) is 6.42. The third kappa shape index (κ3) is 3.06. The number of rotatable bonds is 3. The number of thiazole rings is 1. The van der Waals surface area contributed by atoms with E-state index in [0.717, 1.165) is 6.54 Å². The Labute approximate surface area is 108 Å². The molecule has 0 aliphatic carbocycles. The second-order valence-corrected chi connectivity index (χ2v) is 6.98. The minimum absolute atomic E-state index is 0.106. The average molecular weight is 253 g/mol. The van der Waals surface area contributed by atoms with E-state index in [2.05, 4.69) is 25.7 Å². The number of hydrogen-bond acceptors (Lipinski definition) is 4. The molecule has 1 aliphatic rings. The summed E-state index contributed by atoms with van der Waals surface area (Å²) in [5.41, 5.74) is 7.12. The fourth-order valence-corrected chi connectivity index (χ4v) is 3.52. The van der Waals surface area contributed by atoms with E-state index in [1.54, 1.807) is 11.3 Å². The molecular weight excluding hydrogens is 230 g/mol. The molecule has 0 unspecified atom stereocenters. The number of nitrogens with zero attached hydrogens (tertiary/aromatic N) is 2. The minimum Gasteiger partial charge on any atom is -0.326 e. The summed E-state index contributed by atoms with van der Waals surface area (Å²) in [5.74, 6) is 0. The predicted molar refractivity (Wildman–Crippen MR) is 73.2 cm³/mol. The SMILES string of the molecule is CC(C)(C)c1nc(CN2CCCC2)sc1CN. The zero-order chi connectivity index (χ0) is 12.5. The van der Waals surface area contributed by atoms with Crippen molar-refractivity contribution in [3.8, 4) is 0 Å². The molecule has 2 rings (SSSR count). The quantitative estimate of drug-likeness (QED) is 0.900. The van der Waals surface area contributed by atoms with Crippen molar-refractivity contribution in [2.75, 3.05) is 13.1 Å². The molecule has 0 bridgehead atoms. The summed E-state index contributed by atoms with van der Waals surface area (Å²) in [6.07, 6.45) is 2.67. The van der Waals surface area contributed by atoms with Crippen molar-refractivity contribution in [3.05, 3.63) is 15.6 Å². The van der Waals surface area contributed by atoms with Gasteiger partial charge < -0.3 is 5.73 Å². The molecule has 0 amide bonds. The maximum Gasteiger partial charge on any atom is 0.107 e. The average Bonchev–Trinajstić information content (AvgIpc) is 2.86. The Morgan fingerprint density at radius 1 is 1.29 bits per heavy atom. The maximum atomic E-state index is 5.83. The van der Waals surface area contributed by atoms with Crippen LogP contribution in [-0.2, 0) is 18.5 Å². The Kier molecular flexibility index (Phi) is 3.85. The van der Waals surface area contributed by atoms with Crippen LogP contribution < -0.4 is 5.73 Å². The fourth-order valence-electron chi connectivity index (χ4n) is 2.32. The molecule has 1 saturated heterocycles. The van der Waals surface area contributed by atoms with Crippen LogP contribution in [0.4, 0.5) is 0 Å². The van der Waals surface area contributed by atoms with Gasteiger partial charge in [0.1, 0.15) is 5.01 Å². The second kappa shape index (κ2) is 5.04. The summed E-state index contributed by atoms with van der Waals surface area (Å²) in [7, 11) is 0. The van der Waals surface area contributed by atoms with E-state index >= 15 is 0 Å². The molecule has 1 aromatic heterocycles. The van der Waals surface area contributed by atoms with E-state index < -0.39 is 0 Å². The van der Waals surface area contributed by atoms with Gasteiger partial charge in [0.15, 0.2) is 0 Å². The summed E-state index contributed by atoms with van der Waals surface area (Å²) in [6, 6.07) is 0. The molecule has 0 radical (unpaired) electrons. The van der Waals surface area contributed by atoms with Crippen molar-refractivity contribution >= 4 is 11.3 Å². The normalized spacial score (nSPS) is 17.9. The standard InChI is InChI=1S/C13H23N3S/c1-13(2,3)12-10(8-14)17-11(15-12)9-16-6-4-5-7-16/h4-9,14H2,1-3H3. The lowest BCUT2D eigenvalue weighted by molar-refractivity contribution is 0.330. The van der Waals surface area contributed by atoms with Crippen molar-refractivity contribution in [3.63, 3.8) is 0 Å². The monoisotopic (exact) mass is 253 g/mol. The third-order valence-corrected chi connectivity index (χ3v) is 4.26. The van der Waals surface area contributed by atoms with Crippen LogP contribution in [-0.4, -0.2) is 23.0 Å². The summed E-state index contributed by atoms with van der Waals surface area (Å²) in [6.45, 7) is 10.7. The van der Waals surface area contributed by atoms with E-state index in [9.17, 15) is 0 Å². The highest BCUT2D eigenvalue weighted by Crippen LogP contribution is 2.30. The van der Waals surface area contributed by atoms with E-state index in [1.165, 1.54) is 41.5 Å². The number of aromatic nitrogens is 1. The van der Waals surface area contributed by atoms with Gasteiger partial charge >= 0.3 is 0 Å². The Balaban J connectivity index is 2.15. The van der Waals surface area contributed by atoms with Gasteiger partial charge in [-0.1, -0.05) is 20.8 Å². The number of nitrogens with two attached hydrogens (primary N) is 1. The van der Waals surface area contributed by atoms with E-state index in [0.29, 0.717) is 6.54 Å². The van der Waals surface area contributed by atoms with Gasteiger partial charge in [0.25, 0.3) is 0 Å². The topological polar surface area (TPSA) is 42.2 Å². The van der Waals surface area contributed by atoms with Gasteiger partial charge in [-0.3, -0.25) is 4.90 Å². The Morgan fingerprint density at radius 2 is 1.94 bits per heavy atom. The van der Waals surface area contributed by atoms with Crippen molar-refractivity contribution in [2.45, 2.75) is 52.1 Å². The van der Waals surface area contributed by atoms with Crippen molar-refractivity contribution < 1.29 is 0 Å². The molecule has 96 valence electrons. The lowest BCUT2D eigenvalue weighted by atomic mass is 9.91. The molecule has 0 atom stereocenters. The van der Waals surface area contributed by atoms with Crippen molar-refractivity contribution in [1.29, 1.82) is 0 Å². The van der Waals surface area contributed by atoms with E-state index in [4.69, 9.17) is 10.7 Å². The van der Waals surface area contributed by atoms with Gasteiger partial charge in [0, 0.05) is 16.8 Å². The highest BCUT2D eigenvalue weighted by Gasteiger charge is 2.23. The lowest BCUT2D eigenvalue weighted by Gasteiger charge is -2.17. The molecule has 0 aromatic carbocycles. The van der Waals surface area contributed by atoms with Gasteiger partial charge in [0.2, 0.25) is 0 Å². The summed E-state index contributed by atoms with van der Waals surface area (Å²) in [4.78, 5) is 8.56. The first-order chi connectivity index (χ1) is 8.00. The lowest BCUT2D eigenvalue weighted by Crippen LogP contribution is -2.19. The molecule has 4 heteroatoms. The molecule has 2 heterocycles. The van der Waals surface area contributed by atoms with Crippen LogP contribution in [0, 0.1) is 0 Å². The van der Waals surface area contributed by atoms with Gasteiger partial charge in [-0.25, -0.2) is 4.98 Å². The minimum atomic E-state index is 0.106. The van der Waals surface area contributed by atoms with Crippen molar-refractivity contribution in [2.24, 2.45) is 5.73 Å². The molecule has 2 N–H and O–H groups in total. The summed E-state index contributed by atoms with van der Waals surface area (Å²) >= 11 is 1.80. The molecule has 0 saturated carbocycles. The molecule has 0 spiro atoms. The maximum absolute atomic E-state index is 5.83. The smallest absolute Gasteiger partial charge is 0.107 e. The first kappa shape index (κ1) is 13.0. The summed E-state index contributed by atoms with van der Waals surface area (Å²) < 4.78 is 0. The molecule has 17 heavy (non-hydrogen) atoms. The van der Waals surface area contributed by atoms with Crippen LogP contribution in [0.5, 0.6) is 0 Å². The van der Waals surface area contributed by atoms with Crippen LogP contribution >= 0.6 is 11.3 Å². The van der Waals surface area contributed by atoms with Crippen LogP contribution in [0.25, 0.3) is 0 Å². The largest absolute Gasteiger partial charge is 0.326 e. The summed E-state index contributed by atoms with van der Waals surface area (Å²) in [5, 5.41) is 1.23. The van der Waals surface area contributed by atoms with Crippen molar-refractivity contribution in [1.82, 2.24) is 9.88 Å². The third-order valence-electron chi connectivity index (χ3n) is 3.19. The second-order valence-electron chi connectivity index (χ2n) is 5.82. The van der Waals surface area contributed by atoms with Gasteiger partial charge in [-0.05, 0) is 25.9 Å². The Bertz CT molecular complexity index is 373. The van der Waals surface area contributed by atoms with Crippen LogP contribution in [0.2, 0.25) is 0 Å². The molecule has 1 aliphatic heterocycles. The van der Waals surface area contributed by atoms with Crippen LogP contribution in [0.15, 0.2) is 0 Å². The predicted octanol–water partition coefficient (Wildman–Crippen LogP) is 2.50. The number of hydrogen-bond donors (Lipinski definition) is 1. The highest BCUT2D eigenvalue weighted by molar-refractivity contribution is 7.11. The fraction of sp³-hybridized carbons (Fsp3) is 0.769. The molecular formula is C13H23N3S. The van der Waals surface area contributed by atoms with Crippen LogP contribution in [0.1, 0.15) is 49.2 Å². The zero-order valence-electron chi connectivity index (χ0n) is 11.1. The van der Waals surface area contributed by atoms with Gasteiger partial charge in [-0.2, -0.15) is 0 Å². The molecule has 1 fully saturated rings. The van der Waals surface area contributed by atoms with E-state index in [-0.39, 0.29) is 5.41 Å². The first-order valence-corrected chi connectivity index (χ1v) is 7.24. The highest BCUT2D eigenvalue weighted by atomic mass is 32.1. The van der Waals surface area contributed by atoms with Crippen LogP contribution in [0.3, 0.4) is 0 Å². The van der Waals surface area contributed by atoms with Gasteiger partial charge in [0.05, 0.1) is 12.2 Å². The Hall–Kier alpha value is -0.450.